The first-order valence-electron chi connectivity index (χ1n) is 9.29. The summed E-state index contributed by atoms with van der Waals surface area (Å²) in [7, 11) is 1.76. The molecule has 1 aliphatic heterocycles. The predicted octanol–water partition coefficient (Wildman–Crippen LogP) is 2.49. The van der Waals surface area contributed by atoms with Gasteiger partial charge in [-0.3, -0.25) is 14.3 Å². The Morgan fingerprint density at radius 1 is 1.23 bits per heavy atom. The number of anilines is 1. The number of rotatable bonds is 9. The summed E-state index contributed by atoms with van der Waals surface area (Å²) in [4.78, 5) is 13.3. The van der Waals surface area contributed by atoms with Crippen LogP contribution in [0.2, 0.25) is 0 Å². The molecule has 140 valence electrons. The zero-order valence-corrected chi connectivity index (χ0v) is 15.4. The molecule has 0 atom stereocenters. The molecule has 1 fully saturated rings. The number of carbonyl (C=O) groups excluding carboxylic acids is 1. The van der Waals surface area contributed by atoms with Crippen LogP contribution in [0.5, 0.6) is 5.75 Å². The number of likely N-dealkylation sites (tertiary alicyclic amines) is 1. The molecule has 0 aliphatic carbocycles. The highest BCUT2D eigenvalue weighted by molar-refractivity contribution is 5.69. The number of hydrogen-bond acceptors (Lipinski definition) is 6. The van der Waals surface area contributed by atoms with Gasteiger partial charge in [0.2, 0.25) is 5.95 Å². The molecule has 1 N–H and O–H groups in total. The second-order valence-corrected chi connectivity index (χ2v) is 6.67. The van der Waals surface area contributed by atoms with Crippen LogP contribution in [0.3, 0.4) is 0 Å². The Bertz CT molecular complexity index is 710. The van der Waals surface area contributed by atoms with Gasteiger partial charge in [-0.05, 0) is 50.0 Å². The number of aromatic nitrogens is 3. The van der Waals surface area contributed by atoms with Gasteiger partial charge in [-0.25, -0.2) is 0 Å². The minimum absolute atomic E-state index is 0.314. The van der Waals surface area contributed by atoms with Gasteiger partial charge in [0, 0.05) is 20.1 Å². The Kier molecular flexibility index (Phi) is 6.60. The van der Waals surface area contributed by atoms with Gasteiger partial charge < -0.3 is 10.1 Å². The largest absolute Gasteiger partial charge is 0.494 e. The van der Waals surface area contributed by atoms with Crippen molar-refractivity contribution in [3.8, 4) is 5.75 Å². The molecule has 2 heterocycles. The minimum Gasteiger partial charge on any atom is -0.494 e. The molecule has 7 heteroatoms. The predicted molar refractivity (Wildman–Crippen MR) is 101 cm³/mol. The van der Waals surface area contributed by atoms with Gasteiger partial charge >= 0.3 is 0 Å². The van der Waals surface area contributed by atoms with E-state index in [9.17, 15) is 4.79 Å². The third kappa shape index (κ3) is 5.05. The summed E-state index contributed by atoms with van der Waals surface area (Å²) in [5.41, 5.74) is 1.31. The van der Waals surface area contributed by atoms with E-state index in [-0.39, 0.29) is 0 Å². The second-order valence-electron chi connectivity index (χ2n) is 6.67. The van der Waals surface area contributed by atoms with Crippen molar-refractivity contribution in [1.82, 2.24) is 19.7 Å². The summed E-state index contributed by atoms with van der Waals surface area (Å²) in [5, 5.41) is 10.9. The molecule has 7 nitrogen and oxygen atoms in total. The average molecular weight is 357 g/mol. The van der Waals surface area contributed by atoms with E-state index in [1.807, 2.05) is 6.07 Å². The number of nitrogens with zero attached hydrogens (tertiary/aromatic N) is 4. The van der Waals surface area contributed by atoms with Gasteiger partial charge in [-0.1, -0.05) is 18.6 Å². The fourth-order valence-corrected chi connectivity index (χ4v) is 3.17. The van der Waals surface area contributed by atoms with E-state index in [1.165, 1.54) is 37.9 Å². The number of piperidine rings is 1. The van der Waals surface area contributed by atoms with Crippen molar-refractivity contribution in [2.45, 2.75) is 32.2 Å². The topological polar surface area (TPSA) is 72.3 Å². The van der Waals surface area contributed by atoms with Crippen molar-refractivity contribution >= 4 is 12.2 Å². The average Bonchev–Trinajstić information content (AvgIpc) is 3.02. The van der Waals surface area contributed by atoms with Crippen LogP contribution in [0.1, 0.15) is 41.9 Å². The summed E-state index contributed by atoms with van der Waals surface area (Å²) in [6, 6.07) is 8.38. The van der Waals surface area contributed by atoms with Gasteiger partial charge in [0.05, 0.1) is 6.61 Å². The monoisotopic (exact) mass is 357 g/mol. The van der Waals surface area contributed by atoms with Crippen molar-refractivity contribution in [2.75, 3.05) is 31.6 Å². The van der Waals surface area contributed by atoms with Crippen LogP contribution in [0.4, 0.5) is 5.95 Å². The third-order valence-corrected chi connectivity index (χ3v) is 4.64. The van der Waals surface area contributed by atoms with E-state index in [0.29, 0.717) is 31.2 Å². The van der Waals surface area contributed by atoms with E-state index in [1.54, 1.807) is 11.6 Å². The van der Waals surface area contributed by atoms with Crippen LogP contribution in [-0.2, 0) is 13.6 Å². The Morgan fingerprint density at radius 2 is 2.08 bits per heavy atom. The first kappa shape index (κ1) is 18.4. The number of hydrogen-bond donors (Lipinski definition) is 1. The van der Waals surface area contributed by atoms with E-state index in [2.05, 4.69) is 38.6 Å². The lowest BCUT2D eigenvalue weighted by atomic mass is 10.1. The maximum Gasteiger partial charge on any atom is 0.224 e. The molecule has 0 bridgehead atoms. The summed E-state index contributed by atoms with van der Waals surface area (Å²) >= 11 is 0. The number of aldehydes is 1. The fraction of sp³-hybridized carbons (Fsp3) is 0.526. The third-order valence-electron chi connectivity index (χ3n) is 4.64. The number of ether oxygens (including phenoxy) is 1. The normalized spacial score (nSPS) is 15.0. The second kappa shape index (κ2) is 9.33. The maximum atomic E-state index is 10.8. The molecule has 1 aromatic heterocycles. The van der Waals surface area contributed by atoms with Crippen molar-refractivity contribution in [2.24, 2.45) is 7.05 Å². The zero-order chi connectivity index (χ0) is 18.2. The van der Waals surface area contributed by atoms with Gasteiger partial charge in [-0.15, -0.1) is 10.2 Å². The standard InChI is InChI=1S/C19H27N5O2/c1-23-18(15-25)21-22-19(23)20-9-6-12-26-17-8-5-7-16(13-17)14-24-10-3-2-4-11-24/h5,7-8,13,15H,2-4,6,9-12,14H2,1H3,(H,20,22). The maximum absolute atomic E-state index is 10.8. The van der Waals surface area contributed by atoms with Crippen LogP contribution in [0, 0.1) is 0 Å². The Morgan fingerprint density at radius 3 is 2.85 bits per heavy atom. The van der Waals surface area contributed by atoms with Gasteiger partial charge in [0.15, 0.2) is 12.1 Å². The zero-order valence-electron chi connectivity index (χ0n) is 15.4. The Balaban J connectivity index is 1.39. The quantitative estimate of drug-likeness (QED) is 0.549. The molecular formula is C19H27N5O2. The first-order valence-corrected chi connectivity index (χ1v) is 9.29. The van der Waals surface area contributed by atoms with Crippen LogP contribution in [0.15, 0.2) is 24.3 Å². The lowest BCUT2D eigenvalue weighted by Gasteiger charge is -2.26. The van der Waals surface area contributed by atoms with E-state index in [0.717, 1.165) is 18.7 Å². The van der Waals surface area contributed by atoms with E-state index < -0.39 is 0 Å². The van der Waals surface area contributed by atoms with E-state index >= 15 is 0 Å². The van der Waals surface area contributed by atoms with Gasteiger partial charge in [0.1, 0.15) is 5.75 Å². The highest BCUT2D eigenvalue weighted by atomic mass is 16.5. The highest BCUT2D eigenvalue weighted by Crippen LogP contribution is 2.17. The van der Waals surface area contributed by atoms with Crippen molar-refractivity contribution in [1.29, 1.82) is 0 Å². The summed E-state index contributed by atoms with van der Waals surface area (Å²) in [6.45, 7) is 4.73. The lowest BCUT2D eigenvalue weighted by molar-refractivity contribution is 0.111. The molecule has 3 rings (SSSR count). The first-order chi connectivity index (χ1) is 12.8. The molecular weight excluding hydrogens is 330 g/mol. The van der Waals surface area contributed by atoms with Crippen molar-refractivity contribution in [3.63, 3.8) is 0 Å². The molecule has 1 aliphatic rings. The summed E-state index contributed by atoms with van der Waals surface area (Å²) < 4.78 is 7.51. The molecule has 1 aromatic carbocycles. The van der Waals surface area contributed by atoms with Crippen LogP contribution in [0.25, 0.3) is 0 Å². The van der Waals surface area contributed by atoms with Crippen LogP contribution in [-0.4, -0.2) is 52.2 Å². The summed E-state index contributed by atoms with van der Waals surface area (Å²) in [5.74, 6) is 1.83. The van der Waals surface area contributed by atoms with Gasteiger partial charge in [-0.2, -0.15) is 0 Å². The smallest absolute Gasteiger partial charge is 0.224 e. The molecule has 0 spiro atoms. The molecule has 0 amide bonds. The molecule has 0 radical (unpaired) electrons. The molecule has 26 heavy (non-hydrogen) atoms. The van der Waals surface area contributed by atoms with Crippen molar-refractivity contribution in [3.05, 3.63) is 35.7 Å². The van der Waals surface area contributed by atoms with Crippen LogP contribution >= 0.6 is 0 Å². The molecule has 0 unspecified atom stereocenters. The number of benzene rings is 1. The molecule has 0 saturated carbocycles. The molecule has 1 saturated heterocycles. The SMILES string of the molecule is Cn1c(C=O)nnc1NCCCOc1cccc(CN2CCCCC2)c1. The van der Waals surface area contributed by atoms with Gasteiger partial charge in [0.25, 0.3) is 0 Å². The molecule has 2 aromatic rings. The Labute approximate surface area is 154 Å². The summed E-state index contributed by atoms with van der Waals surface area (Å²) in [6.07, 6.45) is 5.50. The van der Waals surface area contributed by atoms with Crippen molar-refractivity contribution < 1.29 is 9.53 Å². The fourth-order valence-electron chi connectivity index (χ4n) is 3.17. The lowest BCUT2D eigenvalue weighted by Crippen LogP contribution is -2.29. The van der Waals surface area contributed by atoms with Crippen LogP contribution < -0.4 is 10.1 Å². The van der Waals surface area contributed by atoms with E-state index in [4.69, 9.17) is 4.74 Å². The number of nitrogens with one attached hydrogen (secondary N) is 1. The Hall–Kier alpha value is -2.41. The highest BCUT2D eigenvalue weighted by Gasteiger charge is 2.10. The minimum atomic E-state index is 0.314. The number of carbonyl (C=O) groups is 1.